The zero-order chi connectivity index (χ0) is 13.9. The Hall–Kier alpha value is -0.630. The van der Waals surface area contributed by atoms with Crippen LogP contribution in [-0.4, -0.2) is 42.3 Å². The monoisotopic (exact) mass is 316 g/mol. The molecule has 0 saturated carbocycles. The van der Waals surface area contributed by atoms with E-state index < -0.39 is 10.0 Å². The second-order valence-corrected chi connectivity index (χ2v) is 7.86. The number of rotatable bonds is 3. The normalized spacial score (nSPS) is 17.9. The van der Waals surface area contributed by atoms with E-state index in [-0.39, 0.29) is 9.88 Å². The molecular weight excluding hydrogens is 300 g/mol. The SMILES string of the molecule is NC(=S)c1cccc(S(=O)(=O)N2CCCSCC2)c1. The summed E-state index contributed by atoms with van der Waals surface area (Å²) in [5.74, 6) is 1.85. The van der Waals surface area contributed by atoms with Crippen molar-refractivity contribution in [2.24, 2.45) is 5.73 Å². The number of hydrogen-bond acceptors (Lipinski definition) is 4. The number of sulfonamides is 1. The van der Waals surface area contributed by atoms with Crippen molar-refractivity contribution in [1.82, 2.24) is 4.31 Å². The van der Waals surface area contributed by atoms with Gasteiger partial charge in [0.15, 0.2) is 0 Å². The minimum absolute atomic E-state index is 0.212. The second-order valence-electron chi connectivity index (χ2n) is 4.26. The van der Waals surface area contributed by atoms with Crippen molar-refractivity contribution in [3.8, 4) is 0 Å². The summed E-state index contributed by atoms with van der Waals surface area (Å²) in [6.07, 6.45) is 0.888. The van der Waals surface area contributed by atoms with Gasteiger partial charge in [0.05, 0.1) is 4.90 Å². The molecule has 1 aliphatic rings. The lowest BCUT2D eigenvalue weighted by atomic mass is 10.2. The zero-order valence-electron chi connectivity index (χ0n) is 10.4. The van der Waals surface area contributed by atoms with Crippen molar-refractivity contribution < 1.29 is 8.42 Å². The molecule has 2 rings (SSSR count). The maximum Gasteiger partial charge on any atom is 0.243 e. The number of nitrogens with two attached hydrogens (primary N) is 1. The minimum atomic E-state index is -3.44. The van der Waals surface area contributed by atoms with Crippen LogP contribution in [0.1, 0.15) is 12.0 Å². The lowest BCUT2D eigenvalue weighted by Crippen LogP contribution is -2.33. The average molecular weight is 316 g/mol. The van der Waals surface area contributed by atoms with Crippen molar-refractivity contribution >= 4 is 39.0 Å². The van der Waals surface area contributed by atoms with Gasteiger partial charge in [0.2, 0.25) is 10.0 Å². The molecule has 1 fully saturated rings. The molecule has 0 amide bonds. The van der Waals surface area contributed by atoms with Gasteiger partial charge in [-0.2, -0.15) is 16.1 Å². The van der Waals surface area contributed by atoms with Crippen LogP contribution in [0.25, 0.3) is 0 Å². The Kier molecular flexibility index (Phi) is 4.83. The first kappa shape index (κ1) is 14.8. The van der Waals surface area contributed by atoms with Crippen molar-refractivity contribution in [3.05, 3.63) is 29.8 Å². The van der Waals surface area contributed by atoms with Crippen molar-refractivity contribution in [2.75, 3.05) is 24.6 Å². The summed E-state index contributed by atoms with van der Waals surface area (Å²) in [5, 5.41) is 0. The summed E-state index contributed by atoms with van der Waals surface area (Å²) in [4.78, 5) is 0.480. The number of thiocarbonyl (C=S) groups is 1. The van der Waals surface area contributed by atoms with Crippen molar-refractivity contribution in [3.63, 3.8) is 0 Å². The van der Waals surface area contributed by atoms with E-state index in [1.54, 1.807) is 40.3 Å². The van der Waals surface area contributed by atoms with E-state index in [9.17, 15) is 8.42 Å². The largest absolute Gasteiger partial charge is 0.389 e. The Morgan fingerprint density at radius 2 is 2.11 bits per heavy atom. The van der Waals surface area contributed by atoms with Crippen molar-refractivity contribution in [2.45, 2.75) is 11.3 Å². The molecule has 4 nitrogen and oxygen atoms in total. The molecule has 0 radical (unpaired) electrons. The molecule has 0 aromatic heterocycles. The van der Waals surface area contributed by atoms with Gasteiger partial charge >= 0.3 is 0 Å². The van der Waals surface area contributed by atoms with Crippen LogP contribution >= 0.6 is 24.0 Å². The predicted octanol–water partition coefficient (Wildman–Crippen LogP) is 1.45. The van der Waals surface area contributed by atoms with E-state index in [0.717, 1.165) is 17.9 Å². The molecule has 0 aliphatic carbocycles. The highest BCUT2D eigenvalue weighted by molar-refractivity contribution is 7.99. The summed E-state index contributed by atoms with van der Waals surface area (Å²) in [5.41, 5.74) is 6.13. The summed E-state index contributed by atoms with van der Waals surface area (Å²) in [6.45, 7) is 1.14. The van der Waals surface area contributed by atoms with Crippen LogP contribution < -0.4 is 5.73 Å². The van der Waals surface area contributed by atoms with E-state index in [1.807, 2.05) is 0 Å². The fraction of sp³-hybridized carbons (Fsp3) is 0.417. The molecule has 0 atom stereocenters. The Morgan fingerprint density at radius 1 is 1.32 bits per heavy atom. The Balaban J connectivity index is 2.32. The molecule has 1 heterocycles. The lowest BCUT2D eigenvalue weighted by molar-refractivity contribution is 0.435. The van der Waals surface area contributed by atoms with E-state index in [2.05, 4.69) is 0 Å². The molecule has 0 bridgehead atoms. The molecule has 104 valence electrons. The van der Waals surface area contributed by atoms with Gasteiger partial charge in [0.25, 0.3) is 0 Å². The summed E-state index contributed by atoms with van der Waals surface area (Å²) < 4.78 is 26.6. The average Bonchev–Trinajstić information content (AvgIpc) is 2.68. The zero-order valence-corrected chi connectivity index (χ0v) is 12.9. The highest BCUT2D eigenvalue weighted by Gasteiger charge is 2.25. The molecule has 1 aromatic carbocycles. The maximum atomic E-state index is 12.5. The van der Waals surface area contributed by atoms with Crippen molar-refractivity contribution in [1.29, 1.82) is 0 Å². The standard InChI is InChI=1S/C12H16N2O2S3/c13-12(17)10-3-1-4-11(9-10)19(15,16)14-5-2-7-18-8-6-14/h1,3-4,9H,2,5-8H2,(H2,13,17). The van der Waals surface area contributed by atoms with Gasteiger partial charge in [0, 0.05) is 24.4 Å². The molecule has 0 unspecified atom stereocenters. The van der Waals surface area contributed by atoms with Crippen LogP contribution in [0.4, 0.5) is 0 Å². The second kappa shape index (κ2) is 6.21. The first-order chi connectivity index (χ1) is 9.01. The van der Waals surface area contributed by atoms with E-state index in [4.69, 9.17) is 18.0 Å². The quantitative estimate of drug-likeness (QED) is 0.855. The van der Waals surface area contributed by atoms with Crippen LogP contribution in [0, 0.1) is 0 Å². The molecule has 1 aliphatic heterocycles. The summed E-state index contributed by atoms with van der Waals surface area (Å²) in [7, 11) is -3.44. The van der Waals surface area contributed by atoms with Gasteiger partial charge in [0.1, 0.15) is 4.99 Å². The van der Waals surface area contributed by atoms with Crippen LogP contribution in [0.5, 0.6) is 0 Å². The molecule has 2 N–H and O–H groups in total. The Labute approximate surface area is 123 Å². The molecule has 1 aromatic rings. The fourth-order valence-electron chi connectivity index (χ4n) is 1.92. The highest BCUT2D eigenvalue weighted by Crippen LogP contribution is 2.20. The minimum Gasteiger partial charge on any atom is -0.389 e. The first-order valence-corrected chi connectivity index (χ1v) is 9.00. The van der Waals surface area contributed by atoms with Gasteiger partial charge in [-0.1, -0.05) is 24.4 Å². The third-order valence-corrected chi connectivity index (χ3v) is 6.12. The Bertz CT molecular complexity index is 564. The van der Waals surface area contributed by atoms with Gasteiger partial charge in [-0.3, -0.25) is 0 Å². The predicted molar refractivity (Wildman–Crippen MR) is 83.0 cm³/mol. The number of benzene rings is 1. The maximum absolute atomic E-state index is 12.5. The van der Waals surface area contributed by atoms with Crippen LogP contribution in [0.2, 0.25) is 0 Å². The highest BCUT2D eigenvalue weighted by atomic mass is 32.2. The molecule has 7 heteroatoms. The van der Waals surface area contributed by atoms with Gasteiger partial charge in [-0.25, -0.2) is 8.42 Å². The van der Waals surface area contributed by atoms with Crippen LogP contribution in [0.3, 0.4) is 0 Å². The van der Waals surface area contributed by atoms with Crippen LogP contribution in [-0.2, 0) is 10.0 Å². The summed E-state index contributed by atoms with van der Waals surface area (Å²) >= 11 is 6.68. The number of hydrogen-bond donors (Lipinski definition) is 1. The first-order valence-electron chi connectivity index (χ1n) is 5.99. The molecular formula is C12H16N2O2S3. The van der Waals surface area contributed by atoms with Gasteiger partial charge in [-0.15, -0.1) is 0 Å². The molecule has 0 spiro atoms. The smallest absolute Gasteiger partial charge is 0.243 e. The third-order valence-electron chi connectivity index (χ3n) is 2.94. The molecule has 19 heavy (non-hydrogen) atoms. The van der Waals surface area contributed by atoms with Crippen LogP contribution in [0.15, 0.2) is 29.2 Å². The number of nitrogens with zero attached hydrogens (tertiary/aromatic N) is 1. The fourth-order valence-corrected chi connectivity index (χ4v) is 4.58. The lowest BCUT2D eigenvalue weighted by Gasteiger charge is -2.19. The van der Waals surface area contributed by atoms with E-state index >= 15 is 0 Å². The van der Waals surface area contributed by atoms with E-state index in [1.165, 1.54) is 0 Å². The number of thioether (sulfide) groups is 1. The molecule has 1 saturated heterocycles. The third kappa shape index (κ3) is 3.47. The Morgan fingerprint density at radius 3 is 2.84 bits per heavy atom. The van der Waals surface area contributed by atoms with Gasteiger partial charge < -0.3 is 5.73 Å². The topological polar surface area (TPSA) is 63.4 Å². The van der Waals surface area contributed by atoms with E-state index in [0.29, 0.717) is 18.7 Å². The summed E-state index contributed by atoms with van der Waals surface area (Å²) in [6, 6.07) is 6.54. The van der Waals surface area contributed by atoms with Gasteiger partial charge in [-0.05, 0) is 24.3 Å².